The molecule has 1 aliphatic rings. The van der Waals surface area contributed by atoms with Gasteiger partial charge in [-0.1, -0.05) is 25.1 Å². The van der Waals surface area contributed by atoms with Crippen molar-refractivity contribution in [2.24, 2.45) is 0 Å². The third-order valence-corrected chi connectivity index (χ3v) is 3.49. The first-order chi connectivity index (χ1) is 8.30. The smallest absolute Gasteiger partial charge is 0.144 e. The molecule has 1 aromatic carbocycles. The largest absolute Gasteiger partial charge is 0.316 e. The lowest BCUT2D eigenvalue weighted by Gasteiger charge is -2.22. The Morgan fingerprint density at radius 3 is 2.82 bits per heavy atom. The van der Waals surface area contributed by atoms with Crippen LogP contribution in [0.25, 0.3) is 5.69 Å². The van der Waals surface area contributed by atoms with Crippen LogP contribution in [0.3, 0.4) is 0 Å². The van der Waals surface area contributed by atoms with E-state index in [1.165, 1.54) is 0 Å². The zero-order valence-electron chi connectivity index (χ0n) is 9.93. The number of benzene rings is 1. The highest BCUT2D eigenvalue weighted by atomic mass is 15.3. The summed E-state index contributed by atoms with van der Waals surface area (Å²) in [4.78, 5) is 0. The van der Waals surface area contributed by atoms with Crippen LogP contribution in [0.2, 0.25) is 0 Å². The van der Waals surface area contributed by atoms with E-state index in [2.05, 4.69) is 39.1 Å². The third kappa shape index (κ3) is 1.74. The standard InChI is InChI=1S/C13H16N4/c1-13(7-8-14-9-13)12-16-15-10-17(12)11-5-3-2-4-6-11/h2-6,10,14H,7-9H2,1H3. The van der Waals surface area contributed by atoms with Crippen molar-refractivity contribution in [2.45, 2.75) is 18.8 Å². The molecule has 88 valence electrons. The fraction of sp³-hybridized carbons (Fsp3) is 0.385. The molecule has 0 spiro atoms. The molecule has 1 saturated heterocycles. The number of hydrogen-bond donors (Lipinski definition) is 1. The molecule has 1 aliphatic heterocycles. The van der Waals surface area contributed by atoms with Gasteiger partial charge in [0.25, 0.3) is 0 Å². The number of hydrogen-bond acceptors (Lipinski definition) is 3. The summed E-state index contributed by atoms with van der Waals surface area (Å²) >= 11 is 0. The summed E-state index contributed by atoms with van der Waals surface area (Å²) in [7, 11) is 0. The first kappa shape index (κ1) is 10.5. The average molecular weight is 228 g/mol. The van der Waals surface area contributed by atoms with Crippen LogP contribution >= 0.6 is 0 Å². The van der Waals surface area contributed by atoms with E-state index >= 15 is 0 Å². The molecule has 0 radical (unpaired) electrons. The minimum absolute atomic E-state index is 0.0896. The molecule has 3 rings (SSSR count). The summed E-state index contributed by atoms with van der Waals surface area (Å²) in [6.45, 7) is 4.27. The second kappa shape index (κ2) is 3.96. The van der Waals surface area contributed by atoms with Crippen LogP contribution in [-0.4, -0.2) is 27.9 Å². The highest BCUT2D eigenvalue weighted by molar-refractivity contribution is 5.33. The van der Waals surface area contributed by atoms with Gasteiger partial charge in [-0.05, 0) is 25.1 Å². The summed E-state index contributed by atoms with van der Waals surface area (Å²) in [6.07, 6.45) is 2.91. The van der Waals surface area contributed by atoms with Crippen molar-refractivity contribution < 1.29 is 0 Å². The topological polar surface area (TPSA) is 42.7 Å². The van der Waals surface area contributed by atoms with Crippen molar-refractivity contribution in [1.29, 1.82) is 0 Å². The molecule has 0 aliphatic carbocycles. The van der Waals surface area contributed by atoms with Gasteiger partial charge in [-0.25, -0.2) is 0 Å². The molecule has 1 unspecified atom stereocenters. The number of nitrogens with zero attached hydrogens (tertiary/aromatic N) is 3. The van der Waals surface area contributed by atoms with Gasteiger partial charge in [0.2, 0.25) is 0 Å². The molecule has 0 bridgehead atoms. The molecule has 1 atom stereocenters. The lowest BCUT2D eigenvalue weighted by atomic mass is 9.88. The van der Waals surface area contributed by atoms with Gasteiger partial charge in [-0.3, -0.25) is 4.57 Å². The molecular formula is C13H16N4. The van der Waals surface area contributed by atoms with Crippen molar-refractivity contribution >= 4 is 0 Å². The van der Waals surface area contributed by atoms with Gasteiger partial charge in [0.05, 0.1) is 0 Å². The Balaban J connectivity index is 2.05. The van der Waals surface area contributed by atoms with Gasteiger partial charge in [-0.15, -0.1) is 10.2 Å². The van der Waals surface area contributed by atoms with E-state index in [-0.39, 0.29) is 5.41 Å². The van der Waals surface area contributed by atoms with Gasteiger partial charge < -0.3 is 5.32 Å². The molecule has 0 amide bonds. The lowest BCUT2D eigenvalue weighted by molar-refractivity contribution is 0.479. The molecule has 4 heteroatoms. The van der Waals surface area contributed by atoms with Crippen LogP contribution in [-0.2, 0) is 5.41 Å². The monoisotopic (exact) mass is 228 g/mol. The number of aromatic nitrogens is 3. The van der Waals surface area contributed by atoms with Gasteiger partial charge in [0.1, 0.15) is 12.2 Å². The Morgan fingerprint density at radius 2 is 2.12 bits per heavy atom. The fourth-order valence-electron chi connectivity index (χ4n) is 2.43. The van der Waals surface area contributed by atoms with Crippen LogP contribution in [0.1, 0.15) is 19.2 Å². The molecule has 2 aromatic rings. The van der Waals surface area contributed by atoms with Crippen LogP contribution in [0, 0.1) is 0 Å². The van der Waals surface area contributed by atoms with E-state index in [0.29, 0.717) is 0 Å². The number of para-hydroxylation sites is 1. The first-order valence-corrected chi connectivity index (χ1v) is 5.96. The molecule has 1 N–H and O–H groups in total. The predicted molar refractivity (Wildman–Crippen MR) is 66.2 cm³/mol. The predicted octanol–water partition coefficient (Wildman–Crippen LogP) is 1.52. The first-order valence-electron chi connectivity index (χ1n) is 5.96. The van der Waals surface area contributed by atoms with Crippen molar-refractivity contribution in [1.82, 2.24) is 20.1 Å². The Morgan fingerprint density at radius 1 is 1.29 bits per heavy atom. The van der Waals surface area contributed by atoms with Gasteiger partial charge in [-0.2, -0.15) is 0 Å². The average Bonchev–Trinajstić information content (AvgIpc) is 2.99. The maximum Gasteiger partial charge on any atom is 0.144 e. The quantitative estimate of drug-likeness (QED) is 0.847. The molecular weight excluding hydrogens is 212 g/mol. The van der Waals surface area contributed by atoms with E-state index in [0.717, 1.165) is 31.0 Å². The second-order valence-corrected chi connectivity index (χ2v) is 4.85. The van der Waals surface area contributed by atoms with Crippen LogP contribution in [0.4, 0.5) is 0 Å². The minimum atomic E-state index is 0.0896. The van der Waals surface area contributed by atoms with Crippen LogP contribution in [0.5, 0.6) is 0 Å². The van der Waals surface area contributed by atoms with E-state index in [1.54, 1.807) is 6.33 Å². The molecule has 1 aromatic heterocycles. The van der Waals surface area contributed by atoms with E-state index in [1.807, 2.05) is 18.2 Å². The lowest BCUT2D eigenvalue weighted by Crippen LogP contribution is -2.28. The normalized spacial score (nSPS) is 24.1. The van der Waals surface area contributed by atoms with Crippen LogP contribution in [0.15, 0.2) is 36.7 Å². The van der Waals surface area contributed by atoms with Crippen molar-refractivity contribution in [3.63, 3.8) is 0 Å². The zero-order chi connectivity index (χ0) is 11.7. The zero-order valence-corrected chi connectivity index (χ0v) is 9.93. The second-order valence-electron chi connectivity index (χ2n) is 4.85. The molecule has 2 heterocycles. The van der Waals surface area contributed by atoms with Gasteiger partial charge in [0, 0.05) is 17.6 Å². The van der Waals surface area contributed by atoms with Crippen LogP contribution < -0.4 is 5.32 Å². The van der Waals surface area contributed by atoms with Crippen molar-refractivity contribution in [2.75, 3.05) is 13.1 Å². The molecule has 0 saturated carbocycles. The minimum Gasteiger partial charge on any atom is -0.316 e. The highest BCUT2D eigenvalue weighted by Crippen LogP contribution is 2.29. The third-order valence-electron chi connectivity index (χ3n) is 3.49. The maximum absolute atomic E-state index is 4.32. The Hall–Kier alpha value is -1.68. The van der Waals surface area contributed by atoms with Crippen molar-refractivity contribution in [3.8, 4) is 5.69 Å². The van der Waals surface area contributed by atoms with Crippen molar-refractivity contribution in [3.05, 3.63) is 42.5 Å². The number of nitrogens with one attached hydrogen (secondary N) is 1. The highest BCUT2D eigenvalue weighted by Gasteiger charge is 2.35. The molecule has 17 heavy (non-hydrogen) atoms. The Labute approximate surface area is 101 Å². The van der Waals surface area contributed by atoms with Gasteiger partial charge >= 0.3 is 0 Å². The fourth-order valence-corrected chi connectivity index (χ4v) is 2.43. The summed E-state index contributed by atoms with van der Waals surface area (Å²) in [5, 5.41) is 11.8. The Kier molecular flexibility index (Phi) is 2.44. The van der Waals surface area contributed by atoms with Gasteiger partial charge in [0.15, 0.2) is 0 Å². The Bertz CT molecular complexity index is 497. The summed E-state index contributed by atoms with van der Waals surface area (Å²) in [5.74, 6) is 1.05. The maximum atomic E-state index is 4.32. The summed E-state index contributed by atoms with van der Waals surface area (Å²) < 4.78 is 2.09. The SMILES string of the molecule is CC1(c2nncn2-c2ccccc2)CCNC1. The number of rotatable bonds is 2. The molecule has 4 nitrogen and oxygen atoms in total. The van der Waals surface area contributed by atoms with E-state index in [4.69, 9.17) is 0 Å². The molecule has 1 fully saturated rings. The summed E-state index contributed by atoms with van der Waals surface area (Å²) in [5.41, 5.74) is 1.22. The van der Waals surface area contributed by atoms with E-state index in [9.17, 15) is 0 Å². The van der Waals surface area contributed by atoms with E-state index < -0.39 is 0 Å². The summed E-state index contributed by atoms with van der Waals surface area (Å²) in [6, 6.07) is 10.3.